The van der Waals surface area contributed by atoms with Gasteiger partial charge in [0.05, 0.1) is 0 Å². The molecule has 0 amide bonds. The summed E-state index contributed by atoms with van der Waals surface area (Å²) in [6.45, 7) is 4.31. The standard InChI is InChI=1S/C24H22N2/c1-19-10-15-24(20(2)18-19)26(22-8-4-3-5-9-22)23-13-11-21(12-14-23)25-16-6-7-17-25/h3-18H,1-2H3. The lowest BCUT2D eigenvalue weighted by atomic mass is 10.1. The van der Waals surface area contributed by atoms with E-state index in [2.05, 4.69) is 109 Å². The molecular formula is C24H22N2. The SMILES string of the molecule is Cc1ccc(N(c2ccccc2)c2ccc(-n3cccc3)cc2)c(C)c1. The van der Waals surface area contributed by atoms with Crippen LogP contribution in [0.1, 0.15) is 11.1 Å². The molecule has 128 valence electrons. The van der Waals surface area contributed by atoms with Gasteiger partial charge in [0, 0.05) is 35.1 Å². The largest absolute Gasteiger partial charge is 0.324 e. The van der Waals surface area contributed by atoms with Crippen molar-refractivity contribution in [1.29, 1.82) is 0 Å². The number of hydrogen-bond donors (Lipinski definition) is 0. The minimum absolute atomic E-state index is 1.15. The van der Waals surface area contributed by atoms with Crippen molar-refractivity contribution in [2.75, 3.05) is 4.90 Å². The van der Waals surface area contributed by atoms with E-state index in [9.17, 15) is 0 Å². The highest BCUT2D eigenvalue weighted by atomic mass is 15.1. The number of rotatable bonds is 4. The van der Waals surface area contributed by atoms with Gasteiger partial charge in [-0.2, -0.15) is 0 Å². The molecule has 1 aromatic heterocycles. The number of anilines is 3. The van der Waals surface area contributed by atoms with Crippen LogP contribution in [-0.2, 0) is 0 Å². The Bertz CT molecular complexity index is 984. The van der Waals surface area contributed by atoms with Gasteiger partial charge in [-0.05, 0) is 74.0 Å². The third-order valence-corrected chi connectivity index (χ3v) is 4.62. The molecular weight excluding hydrogens is 316 g/mol. The Balaban J connectivity index is 1.81. The van der Waals surface area contributed by atoms with Gasteiger partial charge >= 0.3 is 0 Å². The summed E-state index contributed by atoms with van der Waals surface area (Å²) in [5, 5.41) is 0. The number of para-hydroxylation sites is 1. The van der Waals surface area contributed by atoms with Gasteiger partial charge in [0.2, 0.25) is 0 Å². The Kier molecular flexibility index (Phi) is 4.32. The number of nitrogens with zero attached hydrogens (tertiary/aromatic N) is 2. The van der Waals surface area contributed by atoms with Crippen LogP contribution in [0.4, 0.5) is 17.1 Å². The summed E-state index contributed by atoms with van der Waals surface area (Å²) >= 11 is 0. The summed E-state index contributed by atoms with van der Waals surface area (Å²) < 4.78 is 2.12. The van der Waals surface area contributed by atoms with Crippen molar-refractivity contribution in [3.8, 4) is 5.69 Å². The second-order valence-electron chi connectivity index (χ2n) is 6.57. The van der Waals surface area contributed by atoms with E-state index in [0.717, 1.165) is 17.1 Å². The highest BCUT2D eigenvalue weighted by molar-refractivity contribution is 5.78. The van der Waals surface area contributed by atoms with Crippen LogP contribution in [0.15, 0.2) is 97.3 Å². The third kappa shape index (κ3) is 3.14. The molecule has 0 fully saturated rings. The highest BCUT2D eigenvalue weighted by Crippen LogP contribution is 2.36. The first-order valence-corrected chi connectivity index (χ1v) is 8.88. The number of aromatic nitrogens is 1. The molecule has 1 heterocycles. The van der Waals surface area contributed by atoms with Gasteiger partial charge in [-0.3, -0.25) is 0 Å². The van der Waals surface area contributed by atoms with E-state index >= 15 is 0 Å². The quantitative estimate of drug-likeness (QED) is 0.409. The molecule has 0 saturated carbocycles. The monoisotopic (exact) mass is 338 g/mol. The first-order valence-electron chi connectivity index (χ1n) is 8.88. The molecule has 2 nitrogen and oxygen atoms in total. The minimum Gasteiger partial charge on any atom is -0.324 e. The average Bonchev–Trinajstić information content (AvgIpc) is 3.20. The fourth-order valence-corrected chi connectivity index (χ4v) is 3.34. The Morgan fingerprint density at radius 2 is 1.31 bits per heavy atom. The molecule has 26 heavy (non-hydrogen) atoms. The van der Waals surface area contributed by atoms with Crippen molar-refractivity contribution >= 4 is 17.1 Å². The van der Waals surface area contributed by atoms with E-state index in [4.69, 9.17) is 0 Å². The average molecular weight is 338 g/mol. The van der Waals surface area contributed by atoms with Gasteiger partial charge in [-0.25, -0.2) is 0 Å². The lowest BCUT2D eigenvalue weighted by Crippen LogP contribution is -2.11. The summed E-state index contributed by atoms with van der Waals surface area (Å²) in [6.07, 6.45) is 4.13. The summed E-state index contributed by atoms with van der Waals surface area (Å²) in [6, 6.07) is 29.9. The van der Waals surface area contributed by atoms with Crippen LogP contribution in [0.2, 0.25) is 0 Å². The molecule has 0 spiro atoms. The summed E-state index contributed by atoms with van der Waals surface area (Å²) in [5.74, 6) is 0. The van der Waals surface area contributed by atoms with Gasteiger partial charge in [-0.15, -0.1) is 0 Å². The van der Waals surface area contributed by atoms with Crippen LogP contribution in [-0.4, -0.2) is 4.57 Å². The van der Waals surface area contributed by atoms with Crippen molar-refractivity contribution in [3.05, 3.63) is 108 Å². The molecule has 0 aliphatic rings. The van der Waals surface area contributed by atoms with Crippen LogP contribution in [0.3, 0.4) is 0 Å². The molecule has 0 bridgehead atoms. The topological polar surface area (TPSA) is 8.17 Å². The zero-order valence-corrected chi connectivity index (χ0v) is 15.1. The molecule has 0 unspecified atom stereocenters. The van der Waals surface area contributed by atoms with Crippen LogP contribution < -0.4 is 4.90 Å². The summed E-state index contributed by atoms with van der Waals surface area (Å²) in [7, 11) is 0. The predicted molar refractivity (Wildman–Crippen MR) is 110 cm³/mol. The first-order chi connectivity index (χ1) is 12.7. The molecule has 2 heteroatoms. The van der Waals surface area contributed by atoms with E-state index < -0.39 is 0 Å². The molecule has 0 saturated heterocycles. The molecule has 0 N–H and O–H groups in total. The molecule has 0 aliphatic heterocycles. The van der Waals surface area contributed by atoms with Gasteiger partial charge in [0.25, 0.3) is 0 Å². The molecule has 4 aromatic rings. The van der Waals surface area contributed by atoms with Crippen molar-refractivity contribution in [1.82, 2.24) is 4.57 Å². The molecule has 3 aromatic carbocycles. The van der Waals surface area contributed by atoms with Crippen molar-refractivity contribution in [2.45, 2.75) is 13.8 Å². The summed E-state index contributed by atoms with van der Waals surface area (Å²) in [4.78, 5) is 2.31. The van der Waals surface area contributed by atoms with Crippen LogP contribution in [0, 0.1) is 13.8 Å². The smallest absolute Gasteiger partial charge is 0.0490 e. The second-order valence-corrected chi connectivity index (χ2v) is 6.57. The maximum Gasteiger partial charge on any atom is 0.0490 e. The molecule has 4 rings (SSSR count). The van der Waals surface area contributed by atoms with Crippen molar-refractivity contribution in [3.63, 3.8) is 0 Å². The van der Waals surface area contributed by atoms with E-state index in [-0.39, 0.29) is 0 Å². The lowest BCUT2D eigenvalue weighted by Gasteiger charge is -2.27. The van der Waals surface area contributed by atoms with Gasteiger partial charge < -0.3 is 9.47 Å². The predicted octanol–water partition coefficient (Wildman–Crippen LogP) is 6.56. The van der Waals surface area contributed by atoms with Crippen molar-refractivity contribution < 1.29 is 0 Å². The molecule has 0 atom stereocenters. The van der Waals surface area contributed by atoms with E-state index in [1.807, 2.05) is 12.1 Å². The molecule has 0 radical (unpaired) electrons. The summed E-state index contributed by atoms with van der Waals surface area (Å²) in [5.41, 5.74) is 7.22. The fourth-order valence-electron chi connectivity index (χ4n) is 3.34. The van der Waals surface area contributed by atoms with E-state index in [1.165, 1.54) is 16.8 Å². The highest BCUT2D eigenvalue weighted by Gasteiger charge is 2.14. The second kappa shape index (κ2) is 6.93. The van der Waals surface area contributed by atoms with Crippen LogP contribution in [0.5, 0.6) is 0 Å². The Morgan fingerprint density at radius 1 is 0.654 bits per heavy atom. The zero-order chi connectivity index (χ0) is 17.9. The molecule has 0 aliphatic carbocycles. The number of benzene rings is 3. The maximum absolute atomic E-state index is 2.31. The van der Waals surface area contributed by atoms with Gasteiger partial charge in [0.1, 0.15) is 0 Å². The Hall–Kier alpha value is -3.26. The number of aryl methyl sites for hydroxylation is 2. The van der Waals surface area contributed by atoms with Crippen LogP contribution >= 0.6 is 0 Å². The van der Waals surface area contributed by atoms with E-state index in [1.54, 1.807) is 0 Å². The normalized spacial score (nSPS) is 10.7. The zero-order valence-electron chi connectivity index (χ0n) is 15.1. The Morgan fingerprint density at radius 3 is 1.96 bits per heavy atom. The minimum atomic E-state index is 1.15. The first kappa shape index (κ1) is 16.2. The van der Waals surface area contributed by atoms with Gasteiger partial charge in [0.15, 0.2) is 0 Å². The van der Waals surface area contributed by atoms with E-state index in [0.29, 0.717) is 0 Å². The number of hydrogen-bond acceptors (Lipinski definition) is 1. The van der Waals surface area contributed by atoms with Crippen molar-refractivity contribution in [2.24, 2.45) is 0 Å². The fraction of sp³-hybridized carbons (Fsp3) is 0.0833. The van der Waals surface area contributed by atoms with Gasteiger partial charge in [-0.1, -0.05) is 35.9 Å². The lowest BCUT2D eigenvalue weighted by molar-refractivity contribution is 1.08. The third-order valence-electron chi connectivity index (χ3n) is 4.62. The maximum atomic E-state index is 2.31. The van der Waals surface area contributed by atoms with Crippen LogP contribution in [0.25, 0.3) is 5.69 Å². The Labute approximate surface area is 155 Å².